The Hall–Kier alpha value is -2.66. The van der Waals surface area contributed by atoms with Gasteiger partial charge >= 0.3 is 0 Å². The first-order chi connectivity index (χ1) is 13.1. The fraction of sp³-hybridized carbons (Fsp3) is 0.211. The summed E-state index contributed by atoms with van der Waals surface area (Å²) in [6, 6.07) is 9.37. The first-order valence-corrected chi connectivity index (χ1v) is 9.61. The van der Waals surface area contributed by atoms with Crippen LogP contribution in [0.3, 0.4) is 0 Å². The van der Waals surface area contributed by atoms with Gasteiger partial charge in [-0.3, -0.25) is 9.78 Å². The Labute approximate surface area is 164 Å². The van der Waals surface area contributed by atoms with E-state index in [0.29, 0.717) is 15.7 Å². The summed E-state index contributed by atoms with van der Waals surface area (Å²) in [5.74, 6) is 0. The number of halogens is 1. The summed E-state index contributed by atoms with van der Waals surface area (Å²) in [7, 11) is 0. The lowest BCUT2D eigenvalue weighted by molar-refractivity contribution is 0.696. The van der Waals surface area contributed by atoms with E-state index in [4.69, 9.17) is 11.6 Å². The summed E-state index contributed by atoms with van der Waals surface area (Å²) in [6.07, 6.45) is 2.46. The van der Waals surface area contributed by atoms with Crippen LogP contribution in [0.2, 0.25) is 5.02 Å². The van der Waals surface area contributed by atoms with E-state index in [1.807, 2.05) is 31.2 Å². The molecule has 0 unspecified atom stereocenters. The minimum absolute atomic E-state index is 0.0933. The number of benzene rings is 1. The number of pyridine rings is 1. The standard InChI is InChI=1S/C19H16ClN5OS/c1-11-10-22-8-6-16(11)25-19(26)13(9-21)18(27-25)24-17-12-3-2-7-23-15(12)5-4-14(17)20/h2-5,7,22,24H,6,8,10H2,1H3. The maximum Gasteiger partial charge on any atom is 0.285 e. The van der Waals surface area contributed by atoms with Crippen LogP contribution in [-0.2, 0) is 0 Å². The zero-order valence-corrected chi connectivity index (χ0v) is 16.1. The molecule has 0 fully saturated rings. The van der Waals surface area contributed by atoms with Gasteiger partial charge in [0.15, 0.2) is 5.56 Å². The molecule has 0 aliphatic carbocycles. The molecule has 0 bridgehead atoms. The predicted molar refractivity (Wildman–Crippen MR) is 110 cm³/mol. The van der Waals surface area contributed by atoms with Crippen molar-refractivity contribution in [3.05, 3.63) is 57.0 Å². The van der Waals surface area contributed by atoms with Crippen molar-refractivity contribution in [3.63, 3.8) is 0 Å². The smallest absolute Gasteiger partial charge is 0.285 e. The average Bonchev–Trinajstić information content (AvgIpc) is 2.99. The van der Waals surface area contributed by atoms with Crippen molar-refractivity contribution in [2.24, 2.45) is 0 Å². The molecule has 4 rings (SSSR count). The highest BCUT2D eigenvalue weighted by Gasteiger charge is 2.21. The molecule has 27 heavy (non-hydrogen) atoms. The highest BCUT2D eigenvalue weighted by atomic mass is 35.5. The number of hydrogen-bond acceptors (Lipinski definition) is 6. The summed E-state index contributed by atoms with van der Waals surface area (Å²) >= 11 is 7.63. The molecule has 0 radical (unpaired) electrons. The first kappa shape index (κ1) is 17.7. The maximum absolute atomic E-state index is 12.8. The Kier molecular flexibility index (Phi) is 4.70. The lowest BCUT2D eigenvalue weighted by atomic mass is 10.1. The van der Waals surface area contributed by atoms with Crippen LogP contribution in [0, 0.1) is 11.3 Å². The molecular weight excluding hydrogens is 382 g/mol. The molecule has 8 heteroatoms. The number of nitrogens with one attached hydrogen (secondary N) is 2. The molecule has 3 aromatic rings. The summed E-state index contributed by atoms with van der Waals surface area (Å²) in [5.41, 5.74) is 3.29. The van der Waals surface area contributed by atoms with Crippen LogP contribution in [0.15, 0.2) is 40.8 Å². The van der Waals surface area contributed by atoms with E-state index in [2.05, 4.69) is 15.6 Å². The number of nitrogens with zero attached hydrogens (tertiary/aromatic N) is 3. The number of hydrogen-bond donors (Lipinski definition) is 2. The van der Waals surface area contributed by atoms with Gasteiger partial charge < -0.3 is 10.6 Å². The van der Waals surface area contributed by atoms with Gasteiger partial charge in [0.1, 0.15) is 11.1 Å². The number of aromatic nitrogens is 2. The molecule has 136 valence electrons. The molecular formula is C19H16ClN5OS. The zero-order chi connectivity index (χ0) is 19.0. The molecule has 6 nitrogen and oxygen atoms in total. The third-order valence-electron chi connectivity index (χ3n) is 4.56. The fourth-order valence-corrected chi connectivity index (χ4v) is 4.48. The summed E-state index contributed by atoms with van der Waals surface area (Å²) in [4.78, 5) is 17.1. The highest BCUT2D eigenvalue weighted by Crippen LogP contribution is 2.35. The lowest BCUT2D eigenvalue weighted by Crippen LogP contribution is -2.27. The quantitative estimate of drug-likeness (QED) is 0.699. The van der Waals surface area contributed by atoms with E-state index >= 15 is 0 Å². The first-order valence-electron chi connectivity index (χ1n) is 8.46. The molecule has 0 atom stereocenters. The van der Waals surface area contributed by atoms with Gasteiger partial charge in [-0.05, 0) is 48.3 Å². The van der Waals surface area contributed by atoms with Crippen LogP contribution in [0.25, 0.3) is 16.6 Å². The summed E-state index contributed by atoms with van der Waals surface area (Å²) < 4.78 is 1.62. The molecule has 0 spiro atoms. The van der Waals surface area contributed by atoms with Crippen LogP contribution in [0.4, 0.5) is 10.7 Å². The SMILES string of the molecule is CC1=C(n2sc(Nc3c(Cl)ccc4ncccc34)c(C#N)c2=O)CCNC1. The fourth-order valence-electron chi connectivity index (χ4n) is 3.18. The van der Waals surface area contributed by atoms with Crippen LogP contribution >= 0.6 is 23.1 Å². The van der Waals surface area contributed by atoms with Gasteiger partial charge in [-0.2, -0.15) is 5.26 Å². The molecule has 1 aromatic carbocycles. The van der Waals surface area contributed by atoms with Crippen LogP contribution in [0.1, 0.15) is 18.9 Å². The third kappa shape index (κ3) is 3.12. The molecule has 0 amide bonds. The van der Waals surface area contributed by atoms with E-state index in [1.165, 1.54) is 11.5 Å². The molecule has 2 aromatic heterocycles. The van der Waals surface area contributed by atoms with Crippen molar-refractivity contribution in [2.45, 2.75) is 13.3 Å². The van der Waals surface area contributed by atoms with Gasteiger partial charge in [-0.25, -0.2) is 3.96 Å². The largest absolute Gasteiger partial charge is 0.343 e. The predicted octanol–water partition coefficient (Wildman–Crippen LogP) is 3.95. The minimum Gasteiger partial charge on any atom is -0.343 e. The topological polar surface area (TPSA) is 82.7 Å². The second-order valence-electron chi connectivity index (χ2n) is 6.28. The van der Waals surface area contributed by atoms with Crippen molar-refractivity contribution in [1.29, 1.82) is 5.26 Å². The summed E-state index contributed by atoms with van der Waals surface area (Å²) in [6.45, 7) is 3.55. The number of anilines is 2. The average molecular weight is 398 g/mol. The van der Waals surface area contributed by atoms with Gasteiger partial charge in [0, 0.05) is 36.8 Å². The second kappa shape index (κ2) is 7.16. The monoisotopic (exact) mass is 397 g/mol. The van der Waals surface area contributed by atoms with Crippen molar-refractivity contribution in [3.8, 4) is 6.07 Å². The maximum atomic E-state index is 12.8. The van der Waals surface area contributed by atoms with E-state index in [9.17, 15) is 10.1 Å². The Balaban J connectivity index is 1.85. The van der Waals surface area contributed by atoms with Crippen molar-refractivity contribution in [2.75, 3.05) is 18.4 Å². The van der Waals surface area contributed by atoms with Crippen LogP contribution < -0.4 is 16.2 Å². The Bertz CT molecular complexity index is 1170. The van der Waals surface area contributed by atoms with Gasteiger partial charge in [-0.1, -0.05) is 11.6 Å². The summed E-state index contributed by atoms with van der Waals surface area (Å²) in [5, 5.41) is 17.9. The molecule has 2 N–H and O–H groups in total. The van der Waals surface area contributed by atoms with E-state index in [-0.39, 0.29) is 11.1 Å². The molecule has 1 aliphatic rings. The third-order valence-corrected chi connectivity index (χ3v) is 5.93. The number of rotatable bonds is 3. The Morgan fingerprint density at radius 1 is 1.41 bits per heavy atom. The van der Waals surface area contributed by atoms with Gasteiger partial charge in [0.2, 0.25) is 0 Å². The van der Waals surface area contributed by atoms with E-state index in [0.717, 1.165) is 41.7 Å². The molecule has 3 heterocycles. The van der Waals surface area contributed by atoms with Gasteiger partial charge in [0.05, 0.1) is 16.2 Å². The van der Waals surface area contributed by atoms with Gasteiger partial charge in [0.25, 0.3) is 5.56 Å². The van der Waals surface area contributed by atoms with Crippen molar-refractivity contribution >= 4 is 50.4 Å². The van der Waals surface area contributed by atoms with Crippen molar-refractivity contribution < 1.29 is 0 Å². The van der Waals surface area contributed by atoms with Crippen LogP contribution in [0.5, 0.6) is 0 Å². The molecule has 0 saturated carbocycles. The zero-order valence-electron chi connectivity index (χ0n) is 14.5. The van der Waals surface area contributed by atoms with E-state index < -0.39 is 0 Å². The van der Waals surface area contributed by atoms with Gasteiger partial charge in [-0.15, -0.1) is 0 Å². The number of nitriles is 1. The highest BCUT2D eigenvalue weighted by molar-refractivity contribution is 7.11. The molecule has 1 aliphatic heterocycles. The second-order valence-corrected chi connectivity index (χ2v) is 7.64. The minimum atomic E-state index is -0.296. The lowest BCUT2D eigenvalue weighted by Gasteiger charge is -2.18. The van der Waals surface area contributed by atoms with Crippen molar-refractivity contribution in [1.82, 2.24) is 14.3 Å². The van der Waals surface area contributed by atoms with Crippen LogP contribution in [-0.4, -0.2) is 22.0 Å². The number of fused-ring (bicyclic) bond motifs is 1. The Morgan fingerprint density at radius 2 is 2.26 bits per heavy atom. The Morgan fingerprint density at radius 3 is 3.04 bits per heavy atom. The van der Waals surface area contributed by atoms with E-state index in [1.54, 1.807) is 16.2 Å². The normalized spacial score (nSPS) is 14.4. The molecule has 0 saturated heterocycles.